The second-order valence-electron chi connectivity index (χ2n) is 10.6. The number of carbonyl (C=O) groups excluding carboxylic acids is 1. The van der Waals surface area contributed by atoms with Gasteiger partial charge in [-0.3, -0.25) is 14.5 Å². The number of ether oxygens (including phenoxy) is 3. The van der Waals surface area contributed by atoms with Crippen LogP contribution < -0.4 is 14.2 Å². The van der Waals surface area contributed by atoms with Crippen molar-refractivity contribution in [1.82, 2.24) is 9.80 Å². The van der Waals surface area contributed by atoms with Gasteiger partial charge in [-0.1, -0.05) is 37.6 Å². The molecule has 1 fully saturated rings. The van der Waals surface area contributed by atoms with Crippen LogP contribution in [-0.4, -0.2) is 84.6 Å². The third kappa shape index (κ3) is 7.06. The molecule has 0 bridgehead atoms. The van der Waals surface area contributed by atoms with Crippen LogP contribution in [0.25, 0.3) is 0 Å². The lowest BCUT2D eigenvalue weighted by Gasteiger charge is -2.30. The number of aliphatic carboxylic acids is 1. The van der Waals surface area contributed by atoms with Gasteiger partial charge in [0.15, 0.2) is 11.5 Å². The molecule has 2 aliphatic heterocycles. The number of rotatable bonds is 15. The summed E-state index contributed by atoms with van der Waals surface area (Å²) in [7, 11) is 1.65. The van der Waals surface area contributed by atoms with Gasteiger partial charge in [-0.05, 0) is 61.4 Å². The summed E-state index contributed by atoms with van der Waals surface area (Å²) in [6, 6.07) is 13.2. The predicted molar refractivity (Wildman–Crippen MR) is 151 cm³/mol. The van der Waals surface area contributed by atoms with Crippen molar-refractivity contribution in [2.45, 2.75) is 57.4 Å². The van der Waals surface area contributed by atoms with Crippen LogP contribution in [0.3, 0.4) is 0 Å². The van der Waals surface area contributed by atoms with E-state index in [9.17, 15) is 19.8 Å². The molecule has 3 atom stereocenters. The highest BCUT2D eigenvalue weighted by molar-refractivity contribution is 5.79. The predicted octanol–water partition coefficient (Wildman–Crippen LogP) is 3.93. The molecular formula is C31H42N2O7. The van der Waals surface area contributed by atoms with E-state index in [4.69, 9.17) is 14.2 Å². The van der Waals surface area contributed by atoms with Gasteiger partial charge < -0.3 is 29.3 Å². The topological polar surface area (TPSA) is 109 Å². The van der Waals surface area contributed by atoms with Gasteiger partial charge in [0.2, 0.25) is 12.7 Å². The fraction of sp³-hybridized carbons (Fsp3) is 0.548. The van der Waals surface area contributed by atoms with E-state index in [0.29, 0.717) is 44.0 Å². The molecule has 2 aromatic carbocycles. The average molecular weight is 555 g/mol. The minimum atomic E-state index is -0.858. The molecule has 9 nitrogen and oxygen atoms in total. The highest BCUT2D eigenvalue weighted by atomic mass is 16.7. The maximum absolute atomic E-state index is 13.5. The van der Waals surface area contributed by atoms with Gasteiger partial charge in [0.25, 0.3) is 0 Å². The fourth-order valence-corrected chi connectivity index (χ4v) is 5.99. The van der Waals surface area contributed by atoms with Gasteiger partial charge in [0, 0.05) is 38.2 Å². The summed E-state index contributed by atoms with van der Waals surface area (Å²) in [6.07, 6.45) is 4.52. The number of aliphatic hydroxyl groups excluding tert-OH is 1. The van der Waals surface area contributed by atoms with E-state index in [-0.39, 0.29) is 37.8 Å². The molecule has 1 amide bonds. The number of likely N-dealkylation sites (tertiary alicyclic amines) is 1. The van der Waals surface area contributed by atoms with Gasteiger partial charge >= 0.3 is 5.97 Å². The molecule has 2 aliphatic rings. The van der Waals surface area contributed by atoms with Crippen LogP contribution >= 0.6 is 0 Å². The van der Waals surface area contributed by atoms with Crippen molar-refractivity contribution >= 4 is 11.9 Å². The van der Waals surface area contributed by atoms with Gasteiger partial charge in [-0.2, -0.15) is 0 Å². The molecule has 3 unspecified atom stereocenters. The lowest BCUT2D eigenvalue weighted by atomic mass is 9.83. The van der Waals surface area contributed by atoms with E-state index < -0.39 is 11.9 Å². The lowest BCUT2D eigenvalue weighted by Crippen LogP contribution is -2.44. The Bertz CT molecular complexity index is 1130. The third-order valence-corrected chi connectivity index (χ3v) is 8.06. The van der Waals surface area contributed by atoms with Crippen molar-refractivity contribution < 1.29 is 34.0 Å². The van der Waals surface area contributed by atoms with Crippen LogP contribution in [0.5, 0.6) is 17.2 Å². The molecule has 218 valence electrons. The van der Waals surface area contributed by atoms with Gasteiger partial charge in [0.1, 0.15) is 5.75 Å². The monoisotopic (exact) mass is 554 g/mol. The average Bonchev–Trinajstić information content (AvgIpc) is 3.57. The number of fused-ring (bicyclic) bond motifs is 1. The Morgan fingerprint density at radius 1 is 1.07 bits per heavy atom. The Hall–Kier alpha value is -3.30. The van der Waals surface area contributed by atoms with Crippen LogP contribution in [-0.2, 0) is 16.0 Å². The highest BCUT2D eigenvalue weighted by Gasteiger charge is 2.47. The molecule has 1 saturated heterocycles. The minimum absolute atomic E-state index is 0.0212. The summed E-state index contributed by atoms with van der Waals surface area (Å²) >= 11 is 0. The van der Waals surface area contributed by atoms with Gasteiger partial charge in [-0.25, -0.2) is 0 Å². The standard InChI is InChI=1S/C31H42N2O7/c1-3-4-15-32(16-8-17-34)29(35)20-33-19-24(23-13-14-27-28(18-23)40-21-39-27)30(31(36)37)25(33)11-7-10-22-9-5-6-12-26(22)38-2/h5-6,9,12-14,18,24-25,30,34H,3-4,7-8,10-11,15-17,19-21H2,1-2H3,(H,36,37). The van der Waals surface area contributed by atoms with Gasteiger partial charge in [0.05, 0.1) is 19.6 Å². The molecule has 0 radical (unpaired) electrons. The van der Waals surface area contributed by atoms with Crippen LogP contribution in [0.1, 0.15) is 56.1 Å². The Morgan fingerprint density at radius 2 is 1.85 bits per heavy atom. The van der Waals surface area contributed by atoms with Crippen molar-refractivity contribution in [3.05, 3.63) is 53.6 Å². The van der Waals surface area contributed by atoms with Crippen LogP contribution in [0.2, 0.25) is 0 Å². The van der Waals surface area contributed by atoms with Crippen molar-refractivity contribution in [3.63, 3.8) is 0 Å². The summed E-state index contributed by atoms with van der Waals surface area (Å²) in [4.78, 5) is 30.2. The SMILES string of the molecule is CCCCN(CCCO)C(=O)CN1CC(c2ccc3c(c2)OCO3)C(C(=O)O)C1CCCc1ccccc1OC. The Balaban J connectivity index is 1.57. The zero-order valence-electron chi connectivity index (χ0n) is 23.6. The van der Waals surface area contributed by atoms with Gasteiger partial charge in [-0.15, -0.1) is 0 Å². The number of hydrogen-bond acceptors (Lipinski definition) is 7. The van der Waals surface area contributed by atoms with E-state index in [1.807, 2.05) is 47.4 Å². The highest BCUT2D eigenvalue weighted by Crippen LogP contribution is 2.43. The summed E-state index contributed by atoms with van der Waals surface area (Å²) in [6.45, 7) is 4.01. The van der Waals surface area contributed by atoms with E-state index in [2.05, 4.69) is 11.8 Å². The molecular weight excluding hydrogens is 512 g/mol. The number of aryl methyl sites for hydroxylation is 1. The molecule has 2 heterocycles. The number of para-hydroxylation sites is 1. The molecule has 40 heavy (non-hydrogen) atoms. The van der Waals surface area contributed by atoms with Crippen LogP contribution in [0.4, 0.5) is 0 Å². The normalized spacial score (nSPS) is 20.0. The smallest absolute Gasteiger partial charge is 0.308 e. The van der Waals surface area contributed by atoms with Crippen molar-refractivity contribution in [3.8, 4) is 17.2 Å². The Morgan fingerprint density at radius 3 is 2.60 bits per heavy atom. The molecule has 0 aromatic heterocycles. The van der Waals surface area contributed by atoms with Crippen molar-refractivity contribution in [2.75, 3.05) is 46.7 Å². The largest absolute Gasteiger partial charge is 0.496 e. The quantitative estimate of drug-likeness (QED) is 0.341. The van der Waals surface area contributed by atoms with Crippen LogP contribution in [0.15, 0.2) is 42.5 Å². The maximum Gasteiger partial charge on any atom is 0.308 e. The Labute approximate surface area is 236 Å². The second kappa shape index (κ2) is 14.4. The van der Waals surface area contributed by atoms with Crippen molar-refractivity contribution in [1.29, 1.82) is 0 Å². The van der Waals surface area contributed by atoms with E-state index >= 15 is 0 Å². The zero-order chi connectivity index (χ0) is 28.5. The number of aliphatic hydroxyl groups is 1. The molecule has 9 heteroatoms. The summed E-state index contributed by atoms with van der Waals surface area (Å²) in [5.74, 6) is 0.257. The lowest BCUT2D eigenvalue weighted by molar-refractivity contribution is -0.144. The summed E-state index contributed by atoms with van der Waals surface area (Å²) in [5, 5.41) is 19.8. The number of carbonyl (C=O) groups is 2. The molecule has 2 aromatic rings. The molecule has 0 saturated carbocycles. The second-order valence-corrected chi connectivity index (χ2v) is 10.6. The maximum atomic E-state index is 13.5. The number of benzene rings is 2. The number of carboxylic acids is 1. The number of hydrogen-bond donors (Lipinski definition) is 2. The summed E-state index contributed by atoms with van der Waals surface area (Å²) in [5.41, 5.74) is 1.96. The number of nitrogens with zero attached hydrogens (tertiary/aromatic N) is 2. The first kappa shape index (κ1) is 29.7. The number of amides is 1. The van der Waals surface area contributed by atoms with Crippen molar-refractivity contribution in [2.24, 2.45) is 5.92 Å². The first-order valence-corrected chi connectivity index (χ1v) is 14.3. The molecule has 0 aliphatic carbocycles. The summed E-state index contributed by atoms with van der Waals surface area (Å²) < 4.78 is 16.5. The number of methoxy groups -OCH3 is 1. The van der Waals surface area contributed by atoms with Crippen LogP contribution in [0, 0.1) is 5.92 Å². The van der Waals surface area contributed by atoms with E-state index in [0.717, 1.165) is 42.6 Å². The number of carboxylic acid groups (broad SMARTS) is 1. The minimum Gasteiger partial charge on any atom is -0.496 e. The third-order valence-electron chi connectivity index (χ3n) is 8.06. The first-order valence-electron chi connectivity index (χ1n) is 14.3. The zero-order valence-corrected chi connectivity index (χ0v) is 23.6. The molecule has 2 N–H and O–H groups in total. The molecule has 0 spiro atoms. The van der Waals surface area contributed by atoms with E-state index in [1.54, 1.807) is 7.11 Å². The molecule has 4 rings (SSSR count). The Kier molecular flexibility index (Phi) is 10.7. The fourth-order valence-electron chi connectivity index (χ4n) is 5.99. The number of unbranched alkanes of at least 4 members (excludes halogenated alkanes) is 1. The first-order chi connectivity index (χ1) is 19.5. The van der Waals surface area contributed by atoms with E-state index in [1.165, 1.54) is 0 Å².